The number of carbonyl (C=O) groups is 2. The highest BCUT2D eigenvalue weighted by Crippen LogP contribution is 2.01. The zero-order valence-corrected chi connectivity index (χ0v) is 10.1. The lowest BCUT2D eigenvalue weighted by Crippen LogP contribution is -2.26. The van der Waals surface area contributed by atoms with Crippen LogP contribution in [0.3, 0.4) is 0 Å². The highest BCUT2D eigenvalue weighted by molar-refractivity contribution is 5.86. The number of aliphatic carboxylic acids is 1. The summed E-state index contributed by atoms with van der Waals surface area (Å²) < 4.78 is 0. The first kappa shape index (κ1) is 14.6. The normalized spacial score (nSPS) is 11.6. The van der Waals surface area contributed by atoms with Gasteiger partial charge in [-0.05, 0) is 13.5 Å². The molecule has 0 saturated heterocycles. The van der Waals surface area contributed by atoms with Gasteiger partial charge >= 0.3 is 5.97 Å². The van der Waals surface area contributed by atoms with Crippen LogP contribution in [0.15, 0.2) is 11.6 Å². The SMILES string of the molecule is CCC(=CCN(C)CCC(=O)NC)C(=O)O. The van der Waals surface area contributed by atoms with Gasteiger partial charge in [0.15, 0.2) is 0 Å². The van der Waals surface area contributed by atoms with Crippen molar-refractivity contribution in [1.82, 2.24) is 10.2 Å². The van der Waals surface area contributed by atoms with Crippen LogP contribution < -0.4 is 5.32 Å². The quantitative estimate of drug-likeness (QED) is 0.622. The number of amides is 1. The molecule has 5 heteroatoms. The first-order valence-corrected chi connectivity index (χ1v) is 5.32. The predicted octanol–water partition coefficient (Wildman–Crippen LogP) is 0.475. The van der Waals surface area contributed by atoms with Gasteiger partial charge in [-0.15, -0.1) is 0 Å². The fourth-order valence-electron chi connectivity index (χ4n) is 1.16. The Bertz CT molecular complexity index is 274. The van der Waals surface area contributed by atoms with Crippen molar-refractivity contribution in [3.8, 4) is 0 Å². The van der Waals surface area contributed by atoms with Crippen LogP contribution in [0.25, 0.3) is 0 Å². The number of carboxylic acids is 1. The molecule has 0 radical (unpaired) electrons. The van der Waals surface area contributed by atoms with Crippen LogP contribution in [0.2, 0.25) is 0 Å². The summed E-state index contributed by atoms with van der Waals surface area (Å²) in [6, 6.07) is 0. The molecule has 0 rings (SSSR count). The second-order valence-corrected chi connectivity index (χ2v) is 3.57. The molecule has 16 heavy (non-hydrogen) atoms. The Morgan fingerprint density at radius 2 is 2.06 bits per heavy atom. The van der Waals surface area contributed by atoms with E-state index >= 15 is 0 Å². The van der Waals surface area contributed by atoms with Gasteiger partial charge in [0.2, 0.25) is 5.91 Å². The lowest BCUT2D eigenvalue weighted by Gasteiger charge is -2.13. The zero-order valence-electron chi connectivity index (χ0n) is 10.1. The van der Waals surface area contributed by atoms with Gasteiger partial charge < -0.3 is 15.3 Å². The predicted molar refractivity (Wildman–Crippen MR) is 62.2 cm³/mol. The standard InChI is InChI=1S/C11H20N2O3/c1-4-9(11(15)16)5-7-13(3)8-6-10(14)12-2/h5H,4,6-8H2,1-3H3,(H,12,14)(H,15,16). The van der Waals surface area contributed by atoms with Gasteiger partial charge in [0.25, 0.3) is 0 Å². The highest BCUT2D eigenvalue weighted by atomic mass is 16.4. The van der Waals surface area contributed by atoms with Crippen molar-refractivity contribution in [2.24, 2.45) is 0 Å². The third-order valence-corrected chi connectivity index (χ3v) is 2.30. The summed E-state index contributed by atoms with van der Waals surface area (Å²) in [7, 11) is 3.45. The third-order valence-electron chi connectivity index (χ3n) is 2.30. The van der Waals surface area contributed by atoms with Gasteiger partial charge in [0, 0.05) is 32.1 Å². The van der Waals surface area contributed by atoms with Crippen molar-refractivity contribution >= 4 is 11.9 Å². The Morgan fingerprint density at radius 3 is 2.50 bits per heavy atom. The van der Waals surface area contributed by atoms with Crippen molar-refractivity contribution in [3.63, 3.8) is 0 Å². The molecule has 0 aromatic carbocycles. The van der Waals surface area contributed by atoms with Gasteiger partial charge in [0.05, 0.1) is 0 Å². The minimum Gasteiger partial charge on any atom is -0.478 e. The Morgan fingerprint density at radius 1 is 1.44 bits per heavy atom. The van der Waals surface area contributed by atoms with Gasteiger partial charge in [-0.25, -0.2) is 4.79 Å². The number of likely N-dealkylation sites (N-methyl/N-ethyl adjacent to an activating group) is 1. The van der Waals surface area contributed by atoms with Crippen LogP contribution in [-0.2, 0) is 9.59 Å². The summed E-state index contributed by atoms with van der Waals surface area (Å²) in [6.45, 7) is 2.98. The lowest BCUT2D eigenvalue weighted by molar-refractivity contribution is -0.132. The topological polar surface area (TPSA) is 69.6 Å². The van der Waals surface area contributed by atoms with Crippen molar-refractivity contribution in [1.29, 1.82) is 0 Å². The molecule has 0 aliphatic heterocycles. The number of hydrogen-bond donors (Lipinski definition) is 2. The number of carboxylic acid groups (broad SMARTS) is 1. The maximum atomic E-state index is 11.0. The first-order chi connectivity index (χ1) is 7.51. The molecular weight excluding hydrogens is 208 g/mol. The Balaban J connectivity index is 4.00. The maximum absolute atomic E-state index is 11.0. The molecule has 0 bridgehead atoms. The minimum atomic E-state index is -0.873. The van der Waals surface area contributed by atoms with Crippen molar-refractivity contribution in [2.45, 2.75) is 19.8 Å². The van der Waals surface area contributed by atoms with Crippen molar-refractivity contribution < 1.29 is 14.7 Å². The molecule has 0 aliphatic rings. The van der Waals surface area contributed by atoms with E-state index in [9.17, 15) is 9.59 Å². The number of carbonyl (C=O) groups excluding carboxylic acids is 1. The number of rotatable bonds is 7. The summed E-state index contributed by atoms with van der Waals surface area (Å²) in [6.07, 6.45) is 2.63. The second kappa shape index (κ2) is 7.87. The smallest absolute Gasteiger partial charge is 0.331 e. The molecule has 0 heterocycles. The molecule has 0 unspecified atom stereocenters. The van der Waals surface area contributed by atoms with Gasteiger partial charge in [0.1, 0.15) is 0 Å². The van der Waals surface area contributed by atoms with Crippen molar-refractivity contribution in [2.75, 3.05) is 27.2 Å². The number of nitrogens with one attached hydrogen (secondary N) is 1. The van der Waals surface area contributed by atoms with Gasteiger partial charge in [-0.3, -0.25) is 4.79 Å². The number of nitrogens with zero attached hydrogens (tertiary/aromatic N) is 1. The van der Waals surface area contributed by atoms with E-state index < -0.39 is 5.97 Å². The average Bonchev–Trinajstić information content (AvgIpc) is 2.26. The Hall–Kier alpha value is -1.36. The van der Waals surface area contributed by atoms with E-state index in [2.05, 4.69) is 5.32 Å². The van der Waals surface area contributed by atoms with E-state index in [1.54, 1.807) is 13.1 Å². The van der Waals surface area contributed by atoms with Crippen LogP contribution in [0.4, 0.5) is 0 Å². The largest absolute Gasteiger partial charge is 0.478 e. The average molecular weight is 228 g/mol. The fourth-order valence-corrected chi connectivity index (χ4v) is 1.16. The van der Waals surface area contributed by atoms with Gasteiger partial charge in [-0.1, -0.05) is 13.0 Å². The lowest BCUT2D eigenvalue weighted by atomic mass is 10.2. The van der Waals surface area contributed by atoms with E-state index in [0.29, 0.717) is 31.5 Å². The molecule has 0 fully saturated rings. The Kier molecular flexibility index (Phi) is 7.20. The van der Waals surface area contributed by atoms with Crippen LogP contribution in [0.5, 0.6) is 0 Å². The molecular formula is C11H20N2O3. The highest BCUT2D eigenvalue weighted by Gasteiger charge is 2.05. The van der Waals surface area contributed by atoms with Gasteiger partial charge in [-0.2, -0.15) is 0 Å². The van der Waals surface area contributed by atoms with Crippen LogP contribution in [0, 0.1) is 0 Å². The fraction of sp³-hybridized carbons (Fsp3) is 0.636. The third kappa shape index (κ3) is 6.19. The van der Waals surface area contributed by atoms with E-state index in [1.165, 1.54) is 0 Å². The molecule has 92 valence electrons. The van der Waals surface area contributed by atoms with Crippen LogP contribution in [-0.4, -0.2) is 49.1 Å². The molecule has 0 aromatic heterocycles. The van der Waals surface area contributed by atoms with E-state index in [1.807, 2.05) is 18.9 Å². The summed E-state index contributed by atoms with van der Waals surface area (Å²) in [5.41, 5.74) is 0.409. The number of hydrogen-bond acceptors (Lipinski definition) is 3. The zero-order chi connectivity index (χ0) is 12.6. The summed E-state index contributed by atoms with van der Waals surface area (Å²) in [5, 5.41) is 11.3. The molecule has 0 saturated carbocycles. The van der Waals surface area contributed by atoms with Crippen LogP contribution in [0.1, 0.15) is 19.8 Å². The second-order valence-electron chi connectivity index (χ2n) is 3.57. The molecule has 0 atom stereocenters. The molecule has 2 N–H and O–H groups in total. The van der Waals surface area contributed by atoms with Crippen LogP contribution >= 0.6 is 0 Å². The Labute approximate surface area is 96.1 Å². The minimum absolute atomic E-state index is 0.00946. The summed E-state index contributed by atoms with van der Waals surface area (Å²) >= 11 is 0. The molecule has 5 nitrogen and oxygen atoms in total. The maximum Gasteiger partial charge on any atom is 0.331 e. The van der Waals surface area contributed by atoms with Crippen molar-refractivity contribution in [3.05, 3.63) is 11.6 Å². The molecule has 1 amide bonds. The molecule has 0 spiro atoms. The molecule has 0 aliphatic carbocycles. The molecule has 0 aromatic rings. The van der Waals surface area contributed by atoms with E-state index in [0.717, 1.165) is 0 Å². The first-order valence-electron chi connectivity index (χ1n) is 5.32. The summed E-state index contributed by atoms with van der Waals surface area (Å²) in [4.78, 5) is 23.6. The monoisotopic (exact) mass is 228 g/mol. The summed E-state index contributed by atoms with van der Waals surface area (Å²) in [5.74, 6) is -0.882. The van der Waals surface area contributed by atoms with E-state index in [-0.39, 0.29) is 5.91 Å². The van der Waals surface area contributed by atoms with E-state index in [4.69, 9.17) is 5.11 Å².